The highest BCUT2D eigenvalue weighted by atomic mass is 16.3. The lowest BCUT2D eigenvalue weighted by Gasteiger charge is -2.09. The summed E-state index contributed by atoms with van der Waals surface area (Å²) in [6, 6.07) is 9.49. The van der Waals surface area contributed by atoms with E-state index in [1.807, 2.05) is 30.3 Å². The van der Waals surface area contributed by atoms with Crippen LogP contribution in [0.5, 0.6) is 0 Å². The van der Waals surface area contributed by atoms with Crippen molar-refractivity contribution in [3.8, 4) is 5.69 Å². The van der Waals surface area contributed by atoms with Crippen LogP contribution in [0.4, 0.5) is 0 Å². The summed E-state index contributed by atoms with van der Waals surface area (Å²) in [5.41, 5.74) is 6.85. The zero-order chi connectivity index (χ0) is 10.7. The lowest BCUT2D eigenvalue weighted by molar-refractivity contribution is 0.179. The van der Waals surface area contributed by atoms with E-state index < -0.39 is 6.10 Å². The Bertz CT molecular complexity index is 426. The molecule has 1 heterocycles. The van der Waals surface area contributed by atoms with Crippen LogP contribution in [0.25, 0.3) is 5.69 Å². The monoisotopic (exact) mass is 204 g/mol. The molecule has 2 aromatic rings. The van der Waals surface area contributed by atoms with E-state index in [4.69, 9.17) is 5.73 Å². The van der Waals surface area contributed by atoms with E-state index in [1.165, 1.54) is 6.20 Å². The maximum absolute atomic E-state index is 9.63. The van der Waals surface area contributed by atoms with Crippen molar-refractivity contribution in [2.24, 2.45) is 5.73 Å². The predicted octanol–water partition coefficient (Wildman–Crippen LogP) is 0.259. The number of benzene rings is 1. The van der Waals surface area contributed by atoms with E-state index in [0.29, 0.717) is 5.69 Å². The van der Waals surface area contributed by atoms with Crippen molar-refractivity contribution < 1.29 is 5.11 Å². The van der Waals surface area contributed by atoms with E-state index in [0.717, 1.165) is 5.69 Å². The van der Waals surface area contributed by atoms with Crippen LogP contribution in [0.15, 0.2) is 36.5 Å². The number of nitrogens with two attached hydrogens (primary N) is 1. The van der Waals surface area contributed by atoms with Gasteiger partial charge in [0.15, 0.2) is 0 Å². The molecule has 3 N–H and O–H groups in total. The van der Waals surface area contributed by atoms with Gasteiger partial charge in [0.05, 0.1) is 17.6 Å². The van der Waals surface area contributed by atoms with Gasteiger partial charge in [0.25, 0.3) is 0 Å². The topological polar surface area (TPSA) is 77.0 Å². The quantitative estimate of drug-likeness (QED) is 0.751. The molecule has 1 aromatic carbocycles. The number of rotatable bonds is 3. The third-order valence-corrected chi connectivity index (χ3v) is 2.14. The number of nitrogens with zero attached hydrogens (tertiary/aromatic N) is 3. The van der Waals surface area contributed by atoms with Crippen LogP contribution in [0.3, 0.4) is 0 Å². The van der Waals surface area contributed by atoms with Gasteiger partial charge in [0, 0.05) is 6.54 Å². The van der Waals surface area contributed by atoms with Crippen molar-refractivity contribution in [3.63, 3.8) is 0 Å². The number of para-hydroxylation sites is 1. The number of aliphatic hydroxyl groups excluding tert-OH is 1. The van der Waals surface area contributed by atoms with Crippen molar-refractivity contribution >= 4 is 0 Å². The molecule has 0 radical (unpaired) electrons. The van der Waals surface area contributed by atoms with Crippen LogP contribution < -0.4 is 5.73 Å². The summed E-state index contributed by atoms with van der Waals surface area (Å²) in [5, 5.41) is 17.3. The molecule has 0 spiro atoms. The first kappa shape index (κ1) is 9.82. The Hall–Kier alpha value is -1.72. The van der Waals surface area contributed by atoms with Crippen molar-refractivity contribution in [3.05, 3.63) is 42.2 Å². The van der Waals surface area contributed by atoms with Gasteiger partial charge in [-0.25, -0.2) is 4.68 Å². The van der Waals surface area contributed by atoms with Crippen molar-refractivity contribution in [1.82, 2.24) is 15.0 Å². The summed E-state index contributed by atoms with van der Waals surface area (Å²) in [5.74, 6) is 0. The molecule has 0 fully saturated rings. The molecule has 0 amide bonds. The Kier molecular flexibility index (Phi) is 2.75. The third-order valence-electron chi connectivity index (χ3n) is 2.14. The molecule has 15 heavy (non-hydrogen) atoms. The zero-order valence-corrected chi connectivity index (χ0v) is 8.11. The molecule has 2 rings (SSSR count). The highest BCUT2D eigenvalue weighted by Crippen LogP contribution is 2.14. The maximum Gasteiger partial charge on any atom is 0.110 e. The maximum atomic E-state index is 9.63. The van der Waals surface area contributed by atoms with Crippen LogP contribution in [0.1, 0.15) is 11.8 Å². The van der Waals surface area contributed by atoms with E-state index >= 15 is 0 Å². The molecule has 1 atom stereocenters. The first-order valence-electron chi connectivity index (χ1n) is 4.67. The highest BCUT2D eigenvalue weighted by Gasteiger charge is 2.13. The first-order valence-corrected chi connectivity index (χ1v) is 4.67. The number of aliphatic hydroxyl groups is 1. The molecule has 5 nitrogen and oxygen atoms in total. The van der Waals surface area contributed by atoms with Crippen LogP contribution in [-0.2, 0) is 0 Å². The molecule has 78 valence electrons. The molecule has 0 saturated carbocycles. The Morgan fingerprint density at radius 2 is 2.07 bits per heavy atom. The average molecular weight is 204 g/mol. The van der Waals surface area contributed by atoms with E-state index in [2.05, 4.69) is 10.3 Å². The molecule has 0 aliphatic rings. The van der Waals surface area contributed by atoms with Crippen LogP contribution >= 0.6 is 0 Å². The van der Waals surface area contributed by atoms with Crippen LogP contribution in [0.2, 0.25) is 0 Å². The minimum Gasteiger partial charge on any atom is -0.385 e. The van der Waals surface area contributed by atoms with Gasteiger partial charge >= 0.3 is 0 Å². The Morgan fingerprint density at radius 1 is 1.33 bits per heavy atom. The van der Waals surface area contributed by atoms with Crippen LogP contribution in [0, 0.1) is 0 Å². The number of aromatic nitrogens is 3. The lowest BCUT2D eigenvalue weighted by atomic mass is 10.2. The summed E-state index contributed by atoms with van der Waals surface area (Å²) in [4.78, 5) is 0. The minimum atomic E-state index is -0.736. The second-order valence-electron chi connectivity index (χ2n) is 3.16. The average Bonchev–Trinajstić information content (AvgIpc) is 2.78. The molecule has 0 bridgehead atoms. The van der Waals surface area contributed by atoms with Crippen molar-refractivity contribution in [2.45, 2.75) is 6.10 Å². The van der Waals surface area contributed by atoms with Crippen molar-refractivity contribution in [2.75, 3.05) is 6.54 Å². The number of hydrogen-bond donors (Lipinski definition) is 2. The molecular formula is C10H12N4O. The van der Waals surface area contributed by atoms with Gasteiger partial charge in [-0.2, -0.15) is 0 Å². The summed E-state index contributed by atoms with van der Waals surface area (Å²) in [6.45, 7) is 0.153. The number of hydrogen-bond acceptors (Lipinski definition) is 4. The fraction of sp³-hybridized carbons (Fsp3) is 0.200. The van der Waals surface area contributed by atoms with E-state index in [-0.39, 0.29) is 6.54 Å². The van der Waals surface area contributed by atoms with Gasteiger partial charge in [-0.1, -0.05) is 23.4 Å². The highest BCUT2D eigenvalue weighted by molar-refractivity contribution is 5.31. The summed E-state index contributed by atoms with van der Waals surface area (Å²) in [7, 11) is 0. The lowest BCUT2D eigenvalue weighted by Crippen LogP contribution is -2.15. The molecule has 1 unspecified atom stereocenters. The Labute approximate surface area is 87.1 Å². The summed E-state index contributed by atoms with van der Waals surface area (Å²) >= 11 is 0. The van der Waals surface area contributed by atoms with Crippen molar-refractivity contribution in [1.29, 1.82) is 0 Å². The van der Waals surface area contributed by atoms with Gasteiger partial charge in [-0.15, -0.1) is 5.10 Å². The van der Waals surface area contributed by atoms with Crippen LogP contribution in [-0.4, -0.2) is 26.6 Å². The second-order valence-corrected chi connectivity index (χ2v) is 3.16. The van der Waals surface area contributed by atoms with Gasteiger partial charge in [-0.05, 0) is 12.1 Å². The Balaban J connectivity index is 2.41. The summed E-state index contributed by atoms with van der Waals surface area (Å²) in [6.07, 6.45) is 0.782. The third kappa shape index (κ3) is 1.88. The minimum absolute atomic E-state index is 0.153. The molecule has 0 aliphatic carbocycles. The zero-order valence-electron chi connectivity index (χ0n) is 8.11. The standard InChI is InChI=1S/C10H12N4O/c11-6-10(15)9-7-12-13-14(9)8-4-2-1-3-5-8/h1-5,7,10,15H,6,11H2. The van der Waals surface area contributed by atoms with E-state index in [1.54, 1.807) is 4.68 Å². The SMILES string of the molecule is NCC(O)c1cnnn1-c1ccccc1. The fourth-order valence-electron chi connectivity index (χ4n) is 1.36. The van der Waals surface area contributed by atoms with E-state index in [9.17, 15) is 5.11 Å². The first-order chi connectivity index (χ1) is 7.33. The van der Waals surface area contributed by atoms with Gasteiger partial charge in [-0.3, -0.25) is 0 Å². The summed E-state index contributed by atoms with van der Waals surface area (Å²) < 4.78 is 1.58. The molecule has 1 aromatic heterocycles. The van der Waals surface area contributed by atoms with Gasteiger partial charge in [0.1, 0.15) is 6.10 Å². The predicted molar refractivity (Wildman–Crippen MR) is 55.4 cm³/mol. The second kappa shape index (κ2) is 4.20. The molecular weight excluding hydrogens is 192 g/mol. The molecule has 0 aliphatic heterocycles. The largest absolute Gasteiger partial charge is 0.385 e. The Morgan fingerprint density at radius 3 is 2.73 bits per heavy atom. The molecule has 5 heteroatoms. The van der Waals surface area contributed by atoms with Gasteiger partial charge in [0.2, 0.25) is 0 Å². The normalized spacial score (nSPS) is 12.7. The fourth-order valence-corrected chi connectivity index (χ4v) is 1.36. The molecule has 0 saturated heterocycles. The van der Waals surface area contributed by atoms with Gasteiger partial charge < -0.3 is 10.8 Å². The smallest absolute Gasteiger partial charge is 0.110 e.